The Labute approximate surface area is 150 Å². The first-order chi connectivity index (χ1) is 12.2. The van der Waals surface area contributed by atoms with Crippen molar-refractivity contribution < 1.29 is 23.7 Å². The second kappa shape index (κ2) is 8.05. The van der Waals surface area contributed by atoms with Crippen molar-refractivity contribution in [1.82, 2.24) is 0 Å². The lowest BCUT2D eigenvalue weighted by molar-refractivity contribution is -0.139. The van der Waals surface area contributed by atoms with Crippen LogP contribution in [-0.2, 0) is 27.5 Å². The molecule has 3 rings (SSSR count). The van der Waals surface area contributed by atoms with Crippen molar-refractivity contribution in [3.05, 3.63) is 64.2 Å². The molecule has 6 heteroatoms. The van der Waals surface area contributed by atoms with Gasteiger partial charge in [0.25, 0.3) is 0 Å². The number of hydrogen-bond acceptors (Lipinski definition) is 5. The number of benzene rings is 2. The molecule has 0 unspecified atom stereocenters. The van der Waals surface area contributed by atoms with E-state index in [2.05, 4.69) is 0 Å². The summed E-state index contributed by atoms with van der Waals surface area (Å²) in [5.74, 6) is 0.980. The molecule has 2 aromatic rings. The summed E-state index contributed by atoms with van der Waals surface area (Å²) in [6.45, 7) is 0.676. The van der Waals surface area contributed by atoms with Crippen LogP contribution in [0.25, 0.3) is 6.08 Å². The predicted molar refractivity (Wildman–Crippen MR) is 93.6 cm³/mol. The molecule has 5 nitrogen and oxygen atoms in total. The molecule has 0 bridgehead atoms. The van der Waals surface area contributed by atoms with Crippen LogP contribution in [0.2, 0.25) is 5.02 Å². The van der Waals surface area contributed by atoms with Gasteiger partial charge in [-0.1, -0.05) is 23.7 Å². The van der Waals surface area contributed by atoms with E-state index in [1.54, 1.807) is 25.3 Å². The van der Waals surface area contributed by atoms with Crippen molar-refractivity contribution >= 4 is 23.6 Å². The summed E-state index contributed by atoms with van der Waals surface area (Å²) in [6, 6.07) is 10.9. The van der Waals surface area contributed by atoms with Gasteiger partial charge in [-0.25, -0.2) is 4.79 Å². The van der Waals surface area contributed by atoms with Crippen LogP contribution in [0.15, 0.2) is 42.5 Å². The monoisotopic (exact) mass is 360 g/mol. The van der Waals surface area contributed by atoms with Crippen molar-refractivity contribution in [2.45, 2.75) is 13.2 Å². The normalized spacial score (nSPS) is 13.2. The maximum atomic E-state index is 11.9. The topological polar surface area (TPSA) is 54.0 Å². The molecule has 0 N–H and O–H groups in total. The molecule has 0 saturated carbocycles. The smallest absolute Gasteiger partial charge is 0.331 e. The minimum Gasteiger partial charge on any atom is -0.497 e. The van der Waals surface area contributed by atoms with E-state index in [-0.39, 0.29) is 13.4 Å². The number of fused-ring (bicyclic) bond motifs is 1. The number of ether oxygens (including phenoxy) is 4. The Balaban J connectivity index is 1.62. The molecule has 0 aromatic heterocycles. The Morgan fingerprint density at radius 3 is 2.84 bits per heavy atom. The molecule has 1 heterocycles. The Hall–Kier alpha value is -2.50. The van der Waals surface area contributed by atoms with Crippen molar-refractivity contribution in [1.29, 1.82) is 0 Å². The standard InChI is InChI=1S/C19H17ClO5/c1-22-17-5-2-13(3-6-17)4-7-18(21)24-11-15-9-16(20)8-14-10-23-12-25-19(14)15/h2-9H,10-12H2,1H3/b7-4+. The molecule has 1 aliphatic heterocycles. The van der Waals surface area contributed by atoms with Gasteiger partial charge in [-0.3, -0.25) is 0 Å². The van der Waals surface area contributed by atoms with Gasteiger partial charge in [0.15, 0.2) is 6.79 Å². The highest BCUT2D eigenvalue weighted by atomic mass is 35.5. The maximum absolute atomic E-state index is 11.9. The van der Waals surface area contributed by atoms with Crippen LogP contribution < -0.4 is 9.47 Å². The maximum Gasteiger partial charge on any atom is 0.331 e. The first-order valence-corrected chi connectivity index (χ1v) is 8.04. The fourth-order valence-corrected chi connectivity index (χ4v) is 2.70. The highest BCUT2D eigenvalue weighted by Gasteiger charge is 2.17. The van der Waals surface area contributed by atoms with Gasteiger partial charge in [0.1, 0.15) is 18.1 Å². The van der Waals surface area contributed by atoms with E-state index in [1.165, 1.54) is 6.08 Å². The molecule has 0 fully saturated rings. The SMILES string of the molecule is COc1ccc(/C=C/C(=O)OCc2cc(Cl)cc3c2OCOC3)cc1. The second-order valence-electron chi connectivity index (χ2n) is 5.38. The van der Waals surface area contributed by atoms with Crippen LogP contribution in [0, 0.1) is 0 Å². The lowest BCUT2D eigenvalue weighted by atomic mass is 10.1. The van der Waals surface area contributed by atoms with E-state index in [9.17, 15) is 4.79 Å². The van der Waals surface area contributed by atoms with E-state index in [0.29, 0.717) is 17.4 Å². The van der Waals surface area contributed by atoms with E-state index < -0.39 is 5.97 Å². The number of carbonyl (C=O) groups is 1. The van der Waals surface area contributed by atoms with Gasteiger partial charge in [-0.15, -0.1) is 0 Å². The van der Waals surface area contributed by atoms with Crippen LogP contribution in [0.4, 0.5) is 0 Å². The van der Waals surface area contributed by atoms with Crippen LogP contribution in [-0.4, -0.2) is 19.9 Å². The van der Waals surface area contributed by atoms with Gasteiger partial charge in [0, 0.05) is 22.2 Å². The average Bonchev–Trinajstić information content (AvgIpc) is 2.64. The van der Waals surface area contributed by atoms with Gasteiger partial charge in [-0.2, -0.15) is 0 Å². The summed E-state index contributed by atoms with van der Waals surface area (Å²) in [5.41, 5.74) is 2.44. The molecule has 2 aromatic carbocycles. The Morgan fingerprint density at radius 1 is 1.28 bits per heavy atom. The third-order valence-electron chi connectivity index (χ3n) is 3.65. The van der Waals surface area contributed by atoms with Crippen LogP contribution in [0.5, 0.6) is 11.5 Å². The summed E-state index contributed by atoms with van der Waals surface area (Å²) in [7, 11) is 1.60. The molecule has 130 valence electrons. The van der Waals surface area contributed by atoms with E-state index in [4.69, 9.17) is 30.5 Å². The third-order valence-corrected chi connectivity index (χ3v) is 3.87. The zero-order valence-corrected chi connectivity index (χ0v) is 14.4. The quantitative estimate of drug-likeness (QED) is 0.596. The lowest BCUT2D eigenvalue weighted by Gasteiger charge is -2.20. The molecule has 25 heavy (non-hydrogen) atoms. The van der Waals surface area contributed by atoms with Crippen molar-refractivity contribution in [2.75, 3.05) is 13.9 Å². The zero-order chi connectivity index (χ0) is 17.6. The minimum absolute atomic E-state index is 0.0781. The minimum atomic E-state index is -0.448. The van der Waals surface area contributed by atoms with E-state index >= 15 is 0 Å². The van der Waals surface area contributed by atoms with Crippen LogP contribution in [0.3, 0.4) is 0 Å². The van der Waals surface area contributed by atoms with Crippen LogP contribution in [0.1, 0.15) is 16.7 Å². The van der Waals surface area contributed by atoms with Gasteiger partial charge in [-0.05, 0) is 35.9 Å². The molecule has 0 radical (unpaired) electrons. The zero-order valence-electron chi connectivity index (χ0n) is 13.7. The summed E-state index contributed by atoms with van der Waals surface area (Å²) in [5, 5.41) is 0.549. The number of methoxy groups -OCH3 is 1. The number of rotatable bonds is 5. The van der Waals surface area contributed by atoms with Gasteiger partial charge in [0.2, 0.25) is 0 Å². The van der Waals surface area contributed by atoms with E-state index in [0.717, 1.165) is 22.4 Å². The molecule has 0 aliphatic carbocycles. The molecular formula is C19H17ClO5. The molecule has 0 amide bonds. The highest BCUT2D eigenvalue weighted by molar-refractivity contribution is 6.30. The molecule has 1 aliphatic rings. The number of halogens is 1. The summed E-state index contributed by atoms with van der Waals surface area (Å²) >= 11 is 6.09. The third kappa shape index (κ3) is 4.53. The molecule has 0 saturated heterocycles. The summed E-state index contributed by atoms with van der Waals surface area (Å²) < 4.78 is 21.1. The fraction of sp³-hybridized carbons (Fsp3) is 0.211. The van der Waals surface area contributed by atoms with Crippen LogP contribution >= 0.6 is 11.6 Å². The predicted octanol–water partition coefficient (Wildman–Crippen LogP) is 3.97. The Morgan fingerprint density at radius 2 is 2.08 bits per heavy atom. The second-order valence-corrected chi connectivity index (χ2v) is 5.81. The first kappa shape index (κ1) is 17.3. The summed E-state index contributed by atoms with van der Waals surface area (Å²) in [4.78, 5) is 11.9. The van der Waals surface area contributed by atoms with Gasteiger partial charge >= 0.3 is 5.97 Å². The first-order valence-electron chi connectivity index (χ1n) is 7.66. The Kier molecular flexibility index (Phi) is 5.58. The van der Waals surface area contributed by atoms with Crippen molar-refractivity contribution in [3.63, 3.8) is 0 Å². The number of carbonyl (C=O) groups excluding carboxylic acids is 1. The van der Waals surface area contributed by atoms with Crippen molar-refractivity contribution in [3.8, 4) is 11.5 Å². The molecular weight excluding hydrogens is 344 g/mol. The highest BCUT2D eigenvalue weighted by Crippen LogP contribution is 2.32. The average molecular weight is 361 g/mol. The van der Waals surface area contributed by atoms with Crippen molar-refractivity contribution in [2.24, 2.45) is 0 Å². The van der Waals surface area contributed by atoms with E-state index in [1.807, 2.05) is 24.3 Å². The Bertz CT molecular complexity index is 783. The molecule has 0 spiro atoms. The number of hydrogen-bond donors (Lipinski definition) is 0. The van der Waals surface area contributed by atoms with Gasteiger partial charge in [0.05, 0.1) is 13.7 Å². The summed E-state index contributed by atoms with van der Waals surface area (Å²) in [6.07, 6.45) is 3.06. The molecule has 0 atom stereocenters. The number of esters is 1. The fourth-order valence-electron chi connectivity index (χ4n) is 2.44. The largest absolute Gasteiger partial charge is 0.497 e. The van der Waals surface area contributed by atoms with Gasteiger partial charge < -0.3 is 18.9 Å². The lowest BCUT2D eigenvalue weighted by Crippen LogP contribution is -2.14.